The molecule has 1 aliphatic rings. The average Bonchev–Trinajstić information content (AvgIpc) is 2.33. The Morgan fingerprint density at radius 1 is 1.45 bits per heavy atom. The Kier molecular flexibility index (Phi) is 3.85. The highest BCUT2D eigenvalue weighted by Crippen LogP contribution is 2.36. The number of amides is 1. The van der Waals surface area contributed by atoms with Crippen LogP contribution in [-0.2, 0) is 6.18 Å². The first kappa shape index (κ1) is 15.3. The van der Waals surface area contributed by atoms with Gasteiger partial charge in [-0.15, -0.1) is 0 Å². The van der Waals surface area contributed by atoms with Crippen molar-refractivity contribution in [2.24, 2.45) is 0 Å². The molecule has 0 aromatic heterocycles. The van der Waals surface area contributed by atoms with Gasteiger partial charge in [0.15, 0.2) is 0 Å². The number of likely N-dealkylation sites (tertiary alicyclic amines) is 1. The van der Waals surface area contributed by atoms with Crippen molar-refractivity contribution in [3.63, 3.8) is 0 Å². The van der Waals surface area contributed by atoms with Crippen LogP contribution >= 0.6 is 15.9 Å². The number of aliphatic hydroxyl groups is 1. The van der Waals surface area contributed by atoms with Crippen molar-refractivity contribution in [2.75, 3.05) is 13.1 Å². The maximum Gasteiger partial charge on any atom is 0.417 e. The van der Waals surface area contributed by atoms with Crippen molar-refractivity contribution in [3.8, 4) is 0 Å². The lowest BCUT2D eigenvalue weighted by Crippen LogP contribution is -2.63. The monoisotopic (exact) mass is 351 g/mol. The molecule has 1 heterocycles. The molecule has 20 heavy (non-hydrogen) atoms. The van der Waals surface area contributed by atoms with Gasteiger partial charge >= 0.3 is 6.18 Å². The first-order valence-corrected chi connectivity index (χ1v) is 6.84. The van der Waals surface area contributed by atoms with Crippen molar-refractivity contribution in [2.45, 2.75) is 25.1 Å². The molecule has 0 unspecified atom stereocenters. The van der Waals surface area contributed by atoms with E-state index < -0.39 is 23.2 Å². The number of rotatable bonds is 2. The smallest absolute Gasteiger partial charge is 0.386 e. The molecular formula is C13H13BrF3NO2. The Morgan fingerprint density at radius 3 is 2.55 bits per heavy atom. The molecule has 1 fully saturated rings. The third kappa shape index (κ3) is 2.83. The Morgan fingerprint density at radius 2 is 2.05 bits per heavy atom. The second-order valence-corrected chi connectivity index (χ2v) is 5.79. The summed E-state index contributed by atoms with van der Waals surface area (Å²) in [6, 6.07) is 3.38. The van der Waals surface area contributed by atoms with Gasteiger partial charge in [0.05, 0.1) is 24.3 Å². The molecule has 0 bridgehead atoms. The van der Waals surface area contributed by atoms with E-state index in [2.05, 4.69) is 15.9 Å². The standard InChI is InChI=1S/C13H13BrF3NO2/c1-2-12(20)6-18(7-12)11(19)8-3-4-10(14)9(5-8)13(15,16)17/h3-5,20H,2,6-7H2,1H3. The van der Waals surface area contributed by atoms with Crippen LogP contribution in [0, 0.1) is 0 Å². The number of benzene rings is 1. The molecule has 110 valence electrons. The topological polar surface area (TPSA) is 40.5 Å². The molecular weight excluding hydrogens is 339 g/mol. The van der Waals surface area contributed by atoms with Crippen LogP contribution in [0.25, 0.3) is 0 Å². The van der Waals surface area contributed by atoms with Crippen LogP contribution in [0.5, 0.6) is 0 Å². The minimum absolute atomic E-state index is 0.0290. The lowest BCUT2D eigenvalue weighted by Gasteiger charge is -2.46. The molecule has 1 aromatic carbocycles. The van der Waals surface area contributed by atoms with E-state index in [0.29, 0.717) is 6.42 Å². The summed E-state index contributed by atoms with van der Waals surface area (Å²) in [5, 5.41) is 9.83. The van der Waals surface area contributed by atoms with Gasteiger partial charge in [-0.1, -0.05) is 22.9 Å². The van der Waals surface area contributed by atoms with E-state index in [9.17, 15) is 23.1 Å². The molecule has 7 heteroatoms. The summed E-state index contributed by atoms with van der Waals surface area (Å²) in [7, 11) is 0. The number of β-amino-alcohol motifs (C(OH)–C–C–N with tert-alkyl or cyclic N) is 1. The molecule has 0 radical (unpaired) electrons. The fraction of sp³-hybridized carbons (Fsp3) is 0.462. The highest BCUT2D eigenvalue weighted by molar-refractivity contribution is 9.10. The summed E-state index contributed by atoms with van der Waals surface area (Å²) in [5.41, 5.74) is -1.81. The minimum atomic E-state index is -4.52. The number of alkyl halides is 3. The summed E-state index contributed by atoms with van der Waals surface area (Å²) in [4.78, 5) is 13.4. The fourth-order valence-electron chi connectivity index (χ4n) is 2.09. The van der Waals surface area contributed by atoms with Crippen LogP contribution in [0.4, 0.5) is 13.2 Å². The van der Waals surface area contributed by atoms with Crippen LogP contribution in [0.1, 0.15) is 29.3 Å². The van der Waals surface area contributed by atoms with E-state index in [4.69, 9.17) is 0 Å². The second kappa shape index (κ2) is 5.04. The van der Waals surface area contributed by atoms with Crippen molar-refractivity contribution >= 4 is 21.8 Å². The van der Waals surface area contributed by atoms with Gasteiger partial charge in [0.1, 0.15) is 0 Å². The molecule has 2 rings (SSSR count). The Hall–Kier alpha value is -1.08. The van der Waals surface area contributed by atoms with Gasteiger partial charge in [0.2, 0.25) is 0 Å². The van der Waals surface area contributed by atoms with E-state index in [1.165, 1.54) is 17.0 Å². The zero-order valence-electron chi connectivity index (χ0n) is 10.7. The van der Waals surface area contributed by atoms with Crippen molar-refractivity contribution in [1.29, 1.82) is 0 Å². The SMILES string of the molecule is CCC1(O)CN(C(=O)c2ccc(Br)c(C(F)(F)F)c2)C1. The fourth-order valence-corrected chi connectivity index (χ4v) is 2.56. The summed E-state index contributed by atoms with van der Waals surface area (Å²) < 4.78 is 38.2. The predicted octanol–water partition coefficient (Wildman–Crippen LogP) is 3.06. The minimum Gasteiger partial charge on any atom is -0.386 e. The van der Waals surface area contributed by atoms with E-state index in [1.54, 1.807) is 6.92 Å². The first-order chi connectivity index (χ1) is 9.16. The normalized spacial score (nSPS) is 17.8. The third-order valence-corrected chi connectivity index (χ3v) is 4.13. The first-order valence-electron chi connectivity index (χ1n) is 6.05. The van der Waals surface area contributed by atoms with Crippen LogP contribution < -0.4 is 0 Å². The van der Waals surface area contributed by atoms with Crippen molar-refractivity contribution in [3.05, 3.63) is 33.8 Å². The quantitative estimate of drug-likeness (QED) is 0.889. The highest BCUT2D eigenvalue weighted by atomic mass is 79.9. The van der Waals surface area contributed by atoms with Gasteiger partial charge in [-0.2, -0.15) is 13.2 Å². The van der Waals surface area contributed by atoms with E-state index in [0.717, 1.165) is 6.07 Å². The number of halogens is 4. The maximum atomic E-state index is 12.8. The average molecular weight is 352 g/mol. The number of hydrogen-bond donors (Lipinski definition) is 1. The summed E-state index contributed by atoms with van der Waals surface area (Å²) in [5.74, 6) is -0.499. The maximum absolute atomic E-state index is 12.8. The van der Waals surface area contributed by atoms with Gasteiger partial charge < -0.3 is 10.0 Å². The molecule has 0 atom stereocenters. The zero-order chi connectivity index (χ0) is 15.1. The van der Waals surface area contributed by atoms with Gasteiger partial charge in [0, 0.05) is 10.0 Å². The van der Waals surface area contributed by atoms with Crippen molar-refractivity contribution in [1.82, 2.24) is 4.90 Å². The number of carbonyl (C=O) groups excluding carboxylic acids is 1. The molecule has 3 nitrogen and oxygen atoms in total. The lowest BCUT2D eigenvalue weighted by atomic mass is 9.90. The van der Waals surface area contributed by atoms with Crippen molar-refractivity contribution < 1.29 is 23.1 Å². The molecule has 0 saturated carbocycles. The molecule has 1 amide bonds. The molecule has 1 N–H and O–H groups in total. The molecule has 0 aliphatic carbocycles. The Balaban J connectivity index is 2.21. The number of carbonyl (C=O) groups is 1. The van der Waals surface area contributed by atoms with Crippen LogP contribution in [0.2, 0.25) is 0 Å². The summed E-state index contributed by atoms with van der Waals surface area (Å²) >= 11 is 2.83. The summed E-state index contributed by atoms with van der Waals surface area (Å²) in [6.07, 6.45) is -4.01. The molecule has 0 spiro atoms. The molecule has 1 aromatic rings. The van der Waals surface area contributed by atoms with Crippen LogP contribution in [-0.4, -0.2) is 34.6 Å². The van der Waals surface area contributed by atoms with Crippen LogP contribution in [0.3, 0.4) is 0 Å². The van der Waals surface area contributed by atoms with E-state index >= 15 is 0 Å². The number of nitrogens with zero attached hydrogens (tertiary/aromatic N) is 1. The van der Waals surface area contributed by atoms with E-state index in [-0.39, 0.29) is 23.1 Å². The largest absolute Gasteiger partial charge is 0.417 e. The van der Waals surface area contributed by atoms with Crippen LogP contribution in [0.15, 0.2) is 22.7 Å². The van der Waals surface area contributed by atoms with Gasteiger partial charge in [-0.25, -0.2) is 0 Å². The van der Waals surface area contributed by atoms with E-state index in [1.807, 2.05) is 0 Å². The molecule has 1 saturated heterocycles. The summed E-state index contributed by atoms with van der Waals surface area (Å²) in [6.45, 7) is 2.10. The van der Waals surface area contributed by atoms with Gasteiger partial charge in [-0.3, -0.25) is 4.79 Å². The zero-order valence-corrected chi connectivity index (χ0v) is 12.3. The van der Waals surface area contributed by atoms with Gasteiger partial charge in [-0.05, 0) is 24.6 Å². The second-order valence-electron chi connectivity index (χ2n) is 4.93. The lowest BCUT2D eigenvalue weighted by molar-refractivity contribution is -0.138. The molecule has 1 aliphatic heterocycles. The highest BCUT2D eigenvalue weighted by Gasteiger charge is 2.42. The Bertz CT molecular complexity index is 539. The predicted molar refractivity (Wildman–Crippen MR) is 70.3 cm³/mol. The van der Waals surface area contributed by atoms with Gasteiger partial charge in [0.25, 0.3) is 5.91 Å². The number of hydrogen-bond acceptors (Lipinski definition) is 2. The third-order valence-electron chi connectivity index (χ3n) is 3.43. The Labute approximate surface area is 122 Å².